The first-order valence-corrected chi connectivity index (χ1v) is 10.8. The number of piperazine rings is 1. The largest absolute Gasteiger partial charge is 0.349 e. The summed E-state index contributed by atoms with van der Waals surface area (Å²) < 4.78 is 0. The molecule has 2 aliphatic heterocycles. The van der Waals surface area contributed by atoms with Gasteiger partial charge in [0, 0.05) is 57.6 Å². The summed E-state index contributed by atoms with van der Waals surface area (Å²) in [6, 6.07) is 0. The van der Waals surface area contributed by atoms with Crippen molar-refractivity contribution < 1.29 is 4.79 Å². The molecule has 2 fully saturated rings. The Balaban J connectivity index is 2.01. The van der Waals surface area contributed by atoms with Crippen molar-refractivity contribution in [1.29, 1.82) is 0 Å². The maximum atomic E-state index is 12.7. The van der Waals surface area contributed by atoms with Gasteiger partial charge < -0.3 is 10.2 Å². The SMILES string of the molecule is CCN1CCN(CC2(NC(=O)CC(C)(C)C)CCN(C(C)S)CC2)CC1. The first kappa shape index (κ1) is 22.0. The predicted molar refractivity (Wildman–Crippen MR) is 113 cm³/mol. The van der Waals surface area contributed by atoms with Gasteiger partial charge >= 0.3 is 0 Å². The van der Waals surface area contributed by atoms with Crippen LogP contribution in [0.2, 0.25) is 0 Å². The molecule has 26 heavy (non-hydrogen) atoms. The standard InChI is InChI=1S/C20H40N4OS/c1-6-22-11-13-23(14-12-22)16-20(21-18(25)15-19(3,4)5)7-9-24(10-8-20)17(2)26/h17,26H,6-16H2,1-5H3,(H,21,25). The van der Waals surface area contributed by atoms with E-state index in [0.29, 0.717) is 6.42 Å². The number of nitrogens with zero attached hydrogens (tertiary/aromatic N) is 3. The molecule has 2 heterocycles. The quantitative estimate of drug-likeness (QED) is 0.689. The van der Waals surface area contributed by atoms with Gasteiger partial charge in [0.05, 0.1) is 5.54 Å². The molecule has 1 N–H and O–H groups in total. The van der Waals surface area contributed by atoms with Gasteiger partial charge in [-0.1, -0.05) is 27.7 Å². The van der Waals surface area contributed by atoms with Crippen LogP contribution >= 0.6 is 12.6 Å². The third kappa shape index (κ3) is 6.70. The van der Waals surface area contributed by atoms with E-state index in [1.54, 1.807) is 0 Å². The van der Waals surface area contributed by atoms with E-state index < -0.39 is 0 Å². The van der Waals surface area contributed by atoms with E-state index in [1.165, 1.54) is 0 Å². The minimum atomic E-state index is -0.0874. The lowest BCUT2D eigenvalue weighted by atomic mass is 9.85. The molecule has 2 rings (SSSR count). The van der Waals surface area contributed by atoms with Gasteiger partial charge in [0.1, 0.15) is 0 Å². The third-order valence-corrected chi connectivity index (χ3v) is 6.14. The van der Waals surface area contributed by atoms with Gasteiger partial charge in [0.25, 0.3) is 0 Å². The Labute approximate surface area is 166 Å². The van der Waals surface area contributed by atoms with Crippen molar-refractivity contribution in [1.82, 2.24) is 20.0 Å². The summed E-state index contributed by atoms with van der Waals surface area (Å²) in [5.74, 6) is 0.206. The molecule has 2 saturated heterocycles. The summed E-state index contributed by atoms with van der Waals surface area (Å²) in [5.41, 5.74) is -0.0613. The van der Waals surface area contributed by atoms with Crippen molar-refractivity contribution in [3.63, 3.8) is 0 Å². The highest BCUT2D eigenvalue weighted by atomic mass is 32.1. The molecular formula is C20H40N4OS. The number of nitrogens with one attached hydrogen (secondary N) is 1. The lowest BCUT2D eigenvalue weighted by Crippen LogP contribution is -2.63. The number of hydrogen-bond acceptors (Lipinski definition) is 5. The van der Waals surface area contributed by atoms with Crippen LogP contribution in [-0.4, -0.2) is 83.9 Å². The van der Waals surface area contributed by atoms with Crippen molar-refractivity contribution in [2.45, 2.75) is 64.8 Å². The van der Waals surface area contributed by atoms with Crippen molar-refractivity contribution in [3.8, 4) is 0 Å². The van der Waals surface area contributed by atoms with Crippen LogP contribution in [0.5, 0.6) is 0 Å². The number of hydrogen-bond donors (Lipinski definition) is 2. The number of rotatable bonds is 6. The topological polar surface area (TPSA) is 38.8 Å². The van der Waals surface area contributed by atoms with Gasteiger partial charge in [-0.15, -0.1) is 0 Å². The average Bonchev–Trinajstić information content (AvgIpc) is 2.54. The van der Waals surface area contributed by atoms with Crippen LogP contribution in [0.1, 0.15) is 53.9 Å². The van der Waals surface area contributed by atoms with E-state index in [4.69, 9.17) is 0 Å². The maximum Gasteiger partial charge on any atom is 0.220 e. The Hall–Kier alpha value is -0.300. The summed E-state index contributed by atoms with van der Waals surface area (Å²) >= 11 is 4.60. The zero-order valence-corrected chi connectivity index (χ0v) is 18.4. The Morgan fingerprint density at radius 3 is 2.08 bits per heavy atom. The fourth-order valence-corrected chi connectivity index (χ4v) is 4.39. The Bertz CT molecular complexity index is 447. The van der Waals surface area contributed by atoms with Gasteiger partial charge in [-0.2, -0.15) is 12.6 Å². The number of carbonyl (C=O) groups excluding carboxylic acids is 1. The molecule has 5 nitrogen and oxygen atoms in total. The van der Waals surface area contributed by atoms with Gasteiger partial charge in [-0.3, -0.25) is 14.6 Å². The van der Waals surface area contributed by atoms with Crippen LogP contribution < -0.4 is 5.32 Å². The monoisotopic (exact) mass is 384 g/mol. The lowest BCUT2D eigenvalue weighted by molar-refractivity contribution is -0.125. The van der Waals surface area contributed by atoms with Crippen molar-refractivity contribution in [2.24, 2.45) is 5.41 Å². The second-order valence-corrected chi connectivity index (χ2v) is 10.2. The average molecular weight is 385 g/mol. The van der Waals surface area contributed by atoms with Gasteiger partial charge in [0.2, 0.25) is 5.91 Å². The molecule has 0 aromatic rings. The molecule has 1 unspecified atom stereocenters. The van der Waals surface area contributed by atoms with Gasteiger partial charge in [0.15, 0.2) is 0 Å². The number of carbonyl (C=O) groups is 1. The van der Waals surface area contributed by atoms with Crippen molar-refractivity contribution in [2.75, 3.05) is 52.4 Å². The predicted octanol–water partition coefficient (Wildman–Crippen LogP) is 2.29. The minimum Gasteiger partial charge on any atom is -0.349 e. The molecule has 0 radical (unpaired) electrons. The normalized spacial score (nSPS) is 24.4. The third-order valence-electron chi connectivity index (χ3n) is 5.82. The summed E-state index contributed by atoms with van der Waals surface area (Å²) in [6.45, 7) is 19.4. The van der Waals surface area contributed by atoms with Gasteiger partial charge in [-0.05, 0) is 31.7 Å². The van der Waals surface area contributed by atoms with Crippen LogP contribution in [0.25, 0.3) is 0 Å². The number of likely N-dealkylation sites (N-methyl/N-ethyl adjacent to an activating group) is 1. The van der Waals surface area contributed by atoms with Crippen molar-refractivity contribution >= 4 is 18.5 Å². The Morgan fingerprint density at radius 2 is 1.62 bits per heavy atom. The lowest BCUT2D eigenvalue weighted by Gasteiger charge is -2.47. The highest BCUT2D eigenvalue weighted by Gasteiger charge is 2.39. The highest BCUT2D eigenvalue weighted by molar-refractivity contribution is 7.80. The summed E-state index contributed by atoms with van der Waals surface area (Å²) in [7, 11) is 0. The molecule has 2 aliphatic rings. The van der Waals surface area contributed by atoms with E-state index in [1.807, 2.05) is 0 Å². The van der Waals surface area contributed by atoms with Gasteiger partial charge in [-0.25, -0.2) is 0 Å². The molecule has 0 aromatic heterocycles. The van der Waals surface area contributed by atoms with Crippen LogP contribution in [0, 0.1) is 5.41 Å². The zero-order chi connectivity index (χ0) is 19.4. The molecule has 0 aliphatic carbocycles. The first-order valence-electron chi connectivity index (χ1n) is 10.3. The molecule has 0 aromatic carbocycles. The second-order valence-electron chi connectivity index (χ2n) is 9.44. The molecular weight excluding hydrogens is 344 g/mol. The number of likely N-dealkylation sites (tertiary alicyclic amines) is 1. The zero-order valence-electron chi connectivity index (χ0n) is 17.6. The van der Waals surface area contributed by atoms with E-state index in [-0.39, 0.29) is 22.2 Å². The Morgan fingerprint density at radius 1 is 1.08 bits per heavy atom. The molecule has 0 spiro atoms. The van der Waals surface area contributed by atoms with E-state index in [0.717, 1.165) is 65.2 Å². The number of thiol groups is 1. The number of piperidine rings is 1. The Kier molecular flexibility index (Phi) is 7.84. The second kappa shape index (κ2) is 9.26. The fraction of sp³-hybridized carbons (Fsp3) is 0.950. The smallest absolute Gasteiger partial charge is 0.220 e. The van der Waals surface area contributed by atoms with Crippen LogP contribution in [0.15, 0.2) is 0 Å². The molecule has 1 atom stereocenters. The number of amides is 1. The van der Waals surface area contributed by atoms with E-state index in [2.05, 4.69) is 67.3 Å². The maximum absolute atomic E-state index is 12.7. The molecule has 152 valence electrons. The summed E-state index contributed by atoms with van der Waals surface area (Å²) in [4.78, 5) is 20.2. The van der Waals surface area contributed by atoms with Crippen LogP contribution in [0.3, 0.4) is 0 Å². The van der Waals surface area contributed by atoms with Crippen LogP contribution in [-0.2, 0) is 4.79 Å². The molecule has 1 amide bonds. The summed E-state index contributed by atoms with van der Waals surface area (Å²) in [6.07, 6.45) is 2.62. The summed E-state index contributed by atoms with van der Waals surface area (Å²) in [5, 5.41) is 3.76. The highest BCUT2D eigenvalue weighted by Crippen LogP contribution is 2.27. The van der Waals surface area contributed by atoms with E-state index in [9.17, 15) is 4.79 Å². The minimum absolute atomic E-state index is 0.0261. The van der Waals surface area contributed by atoms with E-state index >= 15 is 0 Å². The fourth-order valence-electron chi connectivity index (χ4n) is 4.16. The van der Waals surface area contributed by atoms with Crippen molar-refractivity contribution in [3.05, 3.63) is 0 Å². The molecule has 0 saturated carbocycles. The molecule has 0 bridgehead atoms. The molecule has 6 heteroatoms. The first-order chi connectivity index (χ1) is 12.1. The van der Waals surface area contributed by atoms with Crippen LogP contribution in [0.4, 0.5) is 0 Å².